The first-order chi connectivity index (χ1) is 5.81. The highest BCUT2D eigenvalue weighted by Gasteiger charge is 2.39. The first-order valence-corrected chi connectivity index (χ1v) is 5.92. The molecule has 0 aromatic heterocycles. The average Bonchev–Trinajstić information content (AvgIpc) is 2.12. The summed E-state index contributed by atoms with van der Waals surface area (Å²) in [6, 6.07) is 0. The van der Waals surface area contributed by atoms with Gasteiger partial charge in [-0.2, -0.15) is 11.8 Å². The first kappa shape index (κ1) is 8.82. The fourth-order valence-corrected chi connectivity index (χ4v) is 3.07. The van der Waals surface area contributed by atoms with E-state index in [0.717, 1.165) is 19.3 Å². The van der Waals surface area contributed by atoms with Gasteiger partial charge in [0.1, 0.15) is 6.17 Å². The van der Waals surface area contributed by atoms with E-state index in [-0.39, 0.29) is 6.10 Å². The van der Waals surface area contributed by atoms with Gasteiger partial charge in [0.25, 0.3) is 0 Å². The topological polar surface area (TPSA) is 9.23 Å². The van der Waals surface area contributed by atoms with E-state index in [1.54, 1.807) is 0 Å². The molecule has 12 heavy (non-hydrogen) atoms. The largest absolute Gasteiger partial charge is 0.371 e. The Hall–Kier alpha value is 0.240. The van der Waals surface area contributed by atoms with Crippen molar-refractivity contribution in [2.75, 3.05) is 6.26 Å². The van der Waals surface area contributed by atoms with Gasteiger partial charge in [0.2, 0.25) is 0 Å². The molecule has 3 heteroatoms. The van der Waals surface area contributed by atoms with Gasteiger partial charge in [0, 0.05) is 5.25 Å². The Kier molecular flexibility index (Phi) is 2.60. The SMILES string of the molecule is CS[C@@H]1CC[C@H]2O[C@@H]1CC[C@H]2F. The van der Waals surface area contributed by atoms with Crippen LogP contribution in [-0.4, -0.2) is 29.9 Å². The molecule has 0 aliphatic carbocycles. The number of thioether (sulfide) groups is 1. The van der Waals surface area contributed by atoms with E-state index in [2.05, 4.69) is 6.26 Å². The Morgan fingerprint density at radius 3 is 2.67 bits per heavy atom. The van der Waals surface area contributed by atoms with Crippen LogP contribution in [0.25, 0.3) is 0 Å². The van der Waals surface area contributed by atoms with Crippen molar-refractivity contribution in [2.24, 2.45) is 0 Å². The molecule has 2 heterocycles. The van der Waals surface area contributed by atoms with E-state index in [1.807, 2.05) is 11.8 Å². The van der Waals surface area contributed by atoms with Crippen molar-refractivity contribution in [3.05, 3.63) is 0 Å². The highest BCUT2D eigenvalue weighted by atomic mass is 32.2. The zero-order valence-corrected chi connectivity index (χ0v) is 8.15. The molecule has 0 N–H and O–H groups in total. The van der Waals surface area contributed by atoms with Crippen LogP contribution in [0.4, 0.5) is 4.39 Å². The molecule has 0 unspecified atom stereocenters. The Morgan fingerprint density at radius 2 is 1.92 bits per heavy atom. The molecular weight excluding hydrogens is 175 g/mol. The summed E-state index contributed by atoms with van der Waals surface area (Å²) in [6.45, 7) is 0. The summed E-state index contributed by atoms with van der Waals surface area (Å²) in [7, 11) is 0. The second-order valence-corrected chi connectivity index (χ2v) is 4.73. The van der Waals surface area contributed by atoms with Crippen molar-refractivity contribution in [2.45, 2.75) is 49.3 Å². The molecule has 2 saturated heterocycles. The first-order valence-electron chi connectivity index (χ1n) is 4.63. The van der Waals surface area contributed by atoms with E-state index < -0.39 is 6.17 Å². The molecule has 2 aliphatic heterocycles. The number of alkyl halides is 1. The van der Waals surface area contributed by atoms with Crippen molar-refractivity contribution in [3.8, 4) is 0 Å². The zero-order valence-electron chi connectivity index (χ0n) is 7.33. The lowest BCUT2D eigenvalue weighted by Crippen LogP contribution is -2.45. The number of hydrogen-bond donors (Lipinski definition) is 0. The van der Waals surface area contributed by atoms with Crippen LogP contribution in [0.2, 0.25) is 0 Å². The standard InChI is InChI=1S/C9H15FOS/c1-12-9-5-4-7-6(10)2-3-8(9)11-7/h6-9H,2-5H2,1H3/t6-,7-,8-,9-/m1/s1. The Morgan fingerprint density at radius 1 is 1.17 bits per heavy atom. The summed E-state index contributed by atoms with van der Waals surface area (Å²) in [5, 5.41) is 0.619. The van der Waals surface area contributed by atoms with Crippen molar-refractivity contribution in [3.63, 3.8) is 0 Å². The monoisotopic (exact) mass is 190 g/mol. The second-order valence-electron chi connectivity index (χ2n) is 3.66. The fraction of sp³-hybridized carbons (Fsp3) is 1.00. The maximum absolute atomic E-state index is 13.2. The van der Waals surface area contributed by atoms with E-state index in [1.165, 1.54) is 0 Å². The molecule has 0 amide bonds. The quantitative estimate of drug-likeness (QED) is 0.628. The molecule has 1 nitrogen and oxygen atoms in total. The van der Waals surface area contributed by atoms with Gasteiger partial charge in [-0.3, -0.25) is 0 Å². The van der Waals surface area contributed by atoms with E-state index in [9.17, 15) is 4.39 Å². The third-order valence-electron chi connectivity index (χ3n) is 2.93. The maximum Gasteiger partial charge on any atom is 0.126 e. The van der Waals surface area contributed by atoms with Gasteiger partial charge >= 0.3 is 0 Å². The summed E-state index contributed by atoms with van der Waals surface area (Å²) in [6.07, 6.45) is 5.38. The lowest BCUT2D eigenvalue weighted by atomic mass is 9.90. The van der Waals surface area contributed by atoms with Gasteiger partial charge in [0.15, 0.2) is 0 Å². The summed E-state index contributed by atoms with van der Waals surface area (Å²) < 4.78 is 18.8. The molecule has 0 saturated carbocycles. The van der Waals surface area contributed by atoms with Crippen molar-refractivity contribution < 1.29 is 9.13 Å². The third-order valence-corrected chi connectivity index (χ3v) is 4.08. The van der Waals surface area contributed by atoms with Gasteiger partial charge in [-0.05, 0) is 31.9 Å². The highest BCUT2D eigenvalue weighted by molar-refractivity contribution is 7.99. The maximum atomic E-state index is 13.2. The molecule has 0 aromatic carbocycles. The zero-order chi connectivity index (χ0) is 8.55. The van der Waals surface area contributed by atoms with Crippen LogP contribution < -0.4 is 0 Å². The molecule has 2 aliphatic rings. The Labute approximate surface area is 77.0 Å². The lowest BCUT2D eigenvalue weighted by molar-refractivity contribution is -0.116. The minimum atomic E-state index is -0.691. The van der Waals surface area contributed by atoms with Crippen LogP contribution in [-0.2, 0) is 4.74 Å². The van der Waals surface area contributed by atoms with Crippen LogP contribution in [0.5, 0.6) is 0 Å². The molecular formula is C9H15FOS. The van der Waals surface area contributed by atoms with Crippen molar-refractivity contribution in [1.82, 2.24) is 0 Å². The van der Waals surface area contributed by atoms with Gasteiger partial charge in [-0.25, -0.2) is 4.39 Å². The molecule has 70 valence electrons. The normalized spacial score (nSPS) is 47.5. The number of ether oxygens (including phenoxy) is 1. The number of hydrogen-bond acceptors (Lipinski definition) is 2. The summed E-state index contributed by atoms with van der Waals surface area (Å²) in [4.78, 5) is 0. The summed E-state index contributed by atoms with van der Waals surface area (Å²) >= 11 is 1.87. The molecule has 0 spiro atoms. The molecule has 2 bridgehead atoms. The molecule has 4 atom stereocenters. The Bertz CT molecular complexity index is 163. The van der Waals surface area contributed by atoms with E-state index in [4.69, 9.17) is 4.74 Å². The predicted octanol–water partition coefficient (Wildman–Crippen LogP) is 2.40. The van der Waals surface area contributed by atoms with Gasteiger partial charge < -0.3 is 4.74 Å². The van der Waals surface area contributed by atoms with Crippen LogP contribution in [0, 0.1) is 0 Å². The van der Waals surface area contributed by atoms with Crippen molar-refractivity contribution in [1.29, 1.82) is 0 Å². The van der Waals surface area contributed by atoms with Gasteiger partial charge in [0.05, 0.1) is 12.2 Å². The van der Waals surface area contributed by atoms with E-state index >= 15 is 0 Å². The van der Waals surface area contributed by atoms with Crippen LogP contribution in [0.3, 0.4) is 0 Å². The third kappa shape index (κ3) is 1.49. The molecule has 2 fully saturated rings. The van der Waals surface area contributed by atoms with Crippen molar-refractivity contribution >= 4 is 11.8 Å². The summed E-state index contributed by atoms with van der Waals surface area (Å²) in [5.41, 5.74) is 0. The second kappa shape index (κ2) is 3.54. The van der Waals surface area contributed by atoms with Crippen LogP contribution in [0.15, 0.2) is 0 Å². The number of halogens is 1. The molecule has 0 radical (unpaired) electrons. The number of rotatable bonds is 1. The lowest BCUT2D eigenvalue weighted by Gasteiger charge is -2.41. The smallest absolute Gasteiger partial charge is 0.126 e. The average molecular weight is 190 g/mol. The van der Waals surface area contributed by atoms with Gasteiger partial charge in [-0.1, -0.05) is 0 Å². The molecule has 2 rings (SSSR count). The minimum absolute atomic E-state index is 0.0767. The fourth-order valence-electron chi connectivity index (χ4n) is 2.19. The van der Waals surface area contributed by atoms with E-state index in [0.29, 0.717) is 17.8 Å². The molecule has 0 aromatic rings. The summed E-state index contributed by atoms with van der Waals surface area (Å²) in [5.74, 6) is 0. The predicted molar refractivity (Wildman–Crippen MR) is 49.3 cm³/mol. The minimum Gasteiger partial charge on any atom is -0.371 e. The van der Waals surface area contributed by atoms with Crippen LogP contribution in [0.1, 0.15) is 25.7 Å². The van der Waals surface area contributed by atoms with Gasteiger partial charge in [-0.15, -0.1) is 0 Å². The Balaban J connectivity index is 1.99. The number of fused-ring (bicyclic) bond motifs is 2. The highest BCUT2D eigenvalue weighted by Crippen LogP contribution is 2.37. The van der Waals surface area contributed by atoms with Crippen LogP contribution >= 0.6 is 11.8 Å².